The fraction of sp³-hybridized carbons (Fsp3) is 0.280. The summed E-state index contributed by atoms with van der Waals surface area (Å²) in [6, 6.07) is 7.63. The van der Waals surface area contributed by atoms with Gasteiger partial charge in [-0.1, -0.05) is 29.3 Å². The van der Waals surface area contributed by atoms with Crippen LogP contribution < -0.4 is 20.4 Å². The lowest BCUT2D eigenvalue weighted by Gasteiger charge is -2.31. The zero-order valence-electron chi connectivity index (χ0n) is 19.7. The smallest absolute Gasteiger partial charge is 0.335 e. The van der Waals surface area contributed by atoms with Crippen molar-refractivity contribution in [3.63, 3.8) is 0 Å². The Balaban J connectivity index is 1.84. The van der Waals surface area contributed by atoms with Crippen molar-refractivity contribution < 1.29 is 18.7 Å². The molecule has 1 aromatic heterocycles. The Kier molecular flexibility index (Phi) is 7.94. The number of urea groups is 1. The summed E-state index contributed by atoms with van der Waals surface area (Å²) < 4.78 is 31.1. The van der Waals surface area contributed by atoms with E-state index in [1.54, 1.807) is 32.0 Å². The molecule has 190 valence electrons. The first-order chi connectivity index (χ1) is 17.2. The lowest BCUT2D eigenvalue weighted by Crippen LogP contribution is -2.45. The minimum Gasteiger partial charge on any atom is -0.395 e. The molecule has 0 fully saturated rings. The molecule has 0 aliphatic carbocycles. The maximum atomic E-state index is 15.5. The van der Waals surface area contributed by atoms with Crippen LogP contribution in [0.2, 0.25) is 10.0 Å². The molecule has 1 aliphatic rings. The van der Waals surface area contributed by atoms with Crippen LogP contribution in [-0.4, -0.2) is 48.4 Å². The number of hydrogen-bond acceptors (Lipinski definition) is 5. The highest BCUT2D eigenvalue weighted by atomic mass is 35.5. The van der Waals surface area contributed by atoms with Crippen molar-refractivity contribution in [2.24, 2.45) is 0 Å². The quantitative estimate of drug-likeness (QED) is 0.317. The van der Waals surface area contributed by atoms with Crippen LogP contribution in [0, 0.1) is 11.6 Å². The summed E-state index contributed by atoms with van der Waals surface area (Å²) in [5, 5.41) is 15.4. The van der Waals surface area contributed by atoms with E-state index in [9.17, 15) is 4.79 Å². The molecule has 3 N–H and O–H groups in total. The highest BCUT2D eigenvalue weighted by Crippen LogP contribution is 2.46. The van der Waals surface area contributed by atoms with Crippen molar-refractivity contribution in [1.82, 2.24) is 10.3 Å². The minimum absolute atomic E-state index is 0.00764. The number of nitrogens with one attached hydrogen (secondary N) is 2. The molecule has 2 heterocycles. The van der Waals surface area contributed by atoms with Gasteiger partial charge in [-0.15, -0.1) is 0 Å². The summed E-state index contributed by atoms with van der Waals surface area (Å²) >= 11 is 12.5. The first kappa shape index (κ1) is 26.1. The van der Waals surface area contributed by atoms with E-state index in [2.05, 4.69) is 15.6 Å². The molecule has 0 radical (unpaired) electrons. The van der Waals surface area contributed by atoms with Crippen molar-refractivity contribution >= 4 is 52.1 Å². The summed E-state index contributed by atoms with van der Waals surface area (Å²) in [6.07, 6.45) is 1.42. The molecule has 36 heavy (non-hydrogen) atoms. The molecule has 2 aromatic carbocycles. The highest BCUT2D eigenvalue weighted by molar-refractivity contribution is 6.32. The number of anilines is 4. The van der Waals surface area contributed by atoms with Gasteiger partial charge in [0.25, 0.3) is 0 Å². The van der Waals surface area contributed by atoms with Crippen molar-refractivity contribution in [2.75, 3.05) is 41.4 Å². The number of carbonyl (C=O) groups excluding carboxylic acids is 1. The maximum Gasteiger partial charge on any atom is 0.335 e. The van der Waals surface area contributed by atoms with E-state index in [1.807, 2.05) is 0 Å². The van der Waals surface area contributed by atoms with Gasteiger partial charge in [-0.05, 0) is 44.2 Å². The Labute approximate surface area is 217 Å². The van der Waals surface area contributed by atoms with Gasteiger partial charge in [-0.25, -0.2) is 18.6 Å². The Morgan fingerprint density at radius 1 is 1.00 bits per heavy atom. The number of amides is 2. The van der Waals surface area contributed by atoms with Crippen LogP contribution in [0.3, 0.4) is 0 Å². The summed E-state index contributed by atoms with van der Waals surface area (Å²) in [7, 11) is 0. The second-order valence-corrected chi connectivity index (χ2v) is 9.33. The Bertz CT molecular complexity index is 1270. The standard InChI is InChI=1S/C25H25Cl2F2N5O2/c1-14(2)33-24-19(9-16(27)13-32-24)18-4-3-15(26)10-22(18)34(25(33)36)23-20(28)11-17(12-21(23)29)31-6-5-30-7-8-35/h3-4,9-14,30-31,35H,5-8H2,1-2H3. The molecule has 7 nitrogen and oxygen atoms in total. The normalized spacial score (nSPS) is 13.1. The lowest BCUT2D eigenvalue weighted by molar-refractivity contribution is 0.251. The second kappa shape index (κ2) is 11.0. The van der Waals surface area contributed by atoms with E-state index in [1.165, 1.54) is 17.2 Å². The van der Waals surface area contributed by atoms with Crippen LogP contribution in [-0.2, 0) is 0 Å². The number of nitrogens with zero attached hydrogens (tertiary/aromatic N) is 3. The molecule has 0 unspecified atom stereocenters. The van der Waals surface area contributed by atoms with E-state index in [-0.39, 0.29) is 23.0 Å². The van der Waals surface area contributed by atoms with Gasteiger partial charge in [0.2, 0.25) is 0 Å². The number of hydrogen-bond donors (Lipinski definition) is 3. The van der Waals surface area contributed by atoms with E-state index < -0.39 is 29.4 Å². The van der Waals surface area contributed by atoms with Crippen LogP contribution in [0.15, 0.2) is 42.6 Å². The zero-order chi connectivity index (χ0) is 26.0. The van der Waals surface area contributed by atoms with E-state index in [0.29, 0.717) is 41.6 Å². The van der Waals surface area contributed by atoms with Gasteiger partial charge < -0.3 is 15.7 Å². The summed E-state index contributed by atoms with van der Waals surface area (Å²) in [5.41, 5.74) is 0.917. The first-order valence-electron chi connectivity index (χ1n) is 11.4. The molecule has 2 amide bonds. The Hall–Kier alpha value is -2.98. The van der Waals surface area contributed by atoms with Crippen LogP contribution in [0.5, 0.6) is 0 Å². The van der Waals surface area contributed by atoms with E-state index >= 15 is 8.78 Å². The second-order valence-electron chi connectivity index (χ2n) is 8.46. The third-order valence-corrected chi connectivity index (χ3v) is 6.07. The van der Waals surface area contributed by atoms with Crippen molar-refractivity contribution in [3.8, 4) is 11.1 Å². The maximum absolute atomic E-state index is 15.5. The number of carbonyl (C=O) groups is 1. The summed E-state index contributed by atoms with van der Waals surface area (Å²) in [5.74, 6) is -1.54. The van der Waals surface area contributed by atoms with E-state index in [0.717, 1.165) is 17.0 Å². The van der Waals surface area contributed by atoms with Crippen LogP contribution in [0.1, 0.15) is 13.8 Å². The topological polar surface area (TPSA) is 80.7 Å². The number of rotatable bonds is 8. The Morgan fingerprint density at radius 2 is 1.72 bits per heavy atom. The van der Waals surface area contributed by atoms with Crippen LogP contribution >= 0.6 is 23.2 Å². The number of pyridine rings is 1. The van der Waals surface area contributed by atoms with Gasteiger partial charge in [0.15, 0.2) is 11.6 Å². The number of halogens is 4. The minimum atomic E-state index is -0.930. The van der Waals surface area contributed by atoms with E-state index in [4.69, 9.17) is 28.3 Å². The molecule has 0 spiro atoms. The predicted molar refractivity (Wildman–Crippen MR) is 140 cm³/mol. The molecular formula is C25H25Cl2F2N5O2. The largest absolute Gasteiger partial charge is 0.395 e. The van der Waals surface area contributed by atoms with Gasteiger partial charge in [-0.3, -0.25) is 9.80 Å². The first-order valence-corrected chi connectivity index (χ1v) is 12.1. The van der Waals surface area contributed by atoms with Crippen LogP contribution in [0.4, 0.5) is 36.5 Å². The number of benzene rings is 2. The number of aliphatic hydroxyl groups is 1. The highest BCUT2D eigenvalue weighted by Gasteiger charge is 2.38. The SMILES string of the molecule is CC(C)N1C(=O)N(c2c(F)cc(NCCNCCO)cc2F)c2cc(Cl)ccc2-c2cc(Cl)cnc21. The molecule has 0 saturated carbocycles. The molecular weight excluding hydrogens is 511 g/mol. The summed E-state index contributed by atoms with van der Waals surface area (Å²) in [6.45, 7) is 4.83. The monoisotopic (exact) mass is 535 g/mol. The number of aromatic nitrogens is 1. The summed E-state index contributed by atoms with van der Waals surface area (Å²) in [4.78, 5) is 20.7. The van der Waals surface area contributed by atoms with Crippen molar-refractivity contribution in [2.45, 2.75) is 19.9 Å². The fourth-order valence-electron chi connectivity index (χ4n) is 4.10. The van der Waals surface area contributed by atoms with Gasteiger partial charge in [0, 0.05) is 53.7 Å². The molecule has 0 saturated heterocycles. The molecule has 4 rings (SSSR count). The van der Waals surface area contributed by atoms with Crippen molar-refractivity contribution in [1.29, 1.82) is 0 Å². The van der Waals surface area contributed by atoms with Gasteiger partial charge >= 0.3 is 6.03 Å². The van der Waals surface area contributed by atoms with Gasteiger partial charge in [0.05, 0.1) is 17.3 Å². The third kappa shape index (κ3) is 5.10. The lowest BCUT2D eigenvalue weighted by atomic mass is 10.0. The molecule has 11 heteroatoms. The number of fused-ring (bicyclic) bond motifs is 3. The molecule has 0 bridgehead atoms. The van der Waals surface area contributed by atoms with Crippen molar-refractivity contribution in [3.05, 3.63) is 64.3 Å². The fourth-order valence-corrected chi connectivity index (χ4v) is 4.43. The molecule has 0 atom stereocenters. The van der Waals surface area contributed by atoms with Gasteiger partial charge in [-0.2, -0.15) is 0 Å². The number of aliphatic hydroxyl groups excluding tert-OH is 1. The molecule has 1 aliphatic heterocycles. The zero-order valence-corrected chi connectivity index (χ0v) is 21.2. The van der Waals surface area contributed by atoms with Gasteiger partial charge in [0.1, 0.15) is 11.5 Å². The van der Waals surface area contributed by atoms with Crippen LogP contribution in [0.25, 0.3) is 11.1 Å². The average Bonchev–Trinajstić information content (AvgIpc) is 2.91. The third-order valence-electron chi connectivity index (χ3n) is 5.63. The Morgan fingerprint density at radius 3 is 2.39 bits per heavy atom. The average molecular weight is 536 g/mol. The predicted octanol–water partition coefficient (Wildman–Crippen LogP) is 5.81. The molecule has 3 aromatic rings.